The van der Waals surface area contributed by atoms with Crippen molar-refractivity contribution in [3.05, 3.63) is 0 Å². The van der Waals surface area contributed by atoms with E-state index in [1.807, 2.05) is 6.07 Å². The average Bonchev–Trinajstić information content (AvgIpc) is 2.39. The lowest BCUT2D eigenvalue weighted by atomic mass is 9.86. The van der Waals surface area contributed by atoms with Gasteiger partial charge in [0.2, 0.25) is 10.0 Å². The minimum atomic E-state index is -3.56. The van der Waals surface area contributed by atoms with Crippen molar-refractivity contribution in [2.24, 2.45) is 0 Å². The normalized spacial score (nSPS) is 24.6. The monoisotopic (exact) mass is 288 g/mol. The summed E-state index contributed by atoms with van der Waals surface area (Å²) >= 11 is 0. The van der Waals surface area contributed by atoms with Crippen molar-refractivity contribution in [3.8, 4) is 6.07 Å². The summed E-state index contributed by atoms with van der Waals surface area (Å²) in [6.07, 6.45) is 3.40. The molecule has 0 aromatic heterocycles. The summed E-state index contributed by atoms with van der Waals surface area (Å²) in [5.74, 6) is 0. The van der Waals surface area contributed by atoms with Gasteiger partial charge in [0.05, 0.1) is 11.7 Å². The highest BCUT2D eigenvalue weighted by Gasteiger charge is 2.37. The first-order chi connectivity index (χ1) is 8.93. The summed E-state index contributed by atoms with van der Waals surface area (Å²) < 4.78 is 32.7. The highest BCUT2D eigenvalue weighted by Crippen LogP contribution is 2.31. The maximum Gasteiger partial charge on any atom is 0.228 e. The fraction of sp³-hybridized carbons (Fsp3) is 0.923. The molecule has 0 saturated carbocycles. The molecule has 0 amide bonds. The van der Waals surface area contributed by atoms with Crippen LogP contribution in [0.4, 0.5) is 0 Å². The van der Waals surface area contributed by atoms with Crippen LogP contribution in [0.25, 0.3) is 0 Å². The minimum absolute atomic E-state index is 0.124. The van der Waals surface area contributed by atoms with Crippen LogP contribution in [0, 0.1) is 11.3 Å². The van der Waals surface area contributed by atoms with Gasteiger partial charge in [-0.05, 0) is 32.1 Å². The lowest BCUT2D eigenvalue weighted by Gasteiger charge is -2.40. The first kappa shape index (κ1) is 16.4. The SMILES string of the molecule is CCC(C#N)S(=O)(=O)NC1CCOC(CC)(CC)C1. The number of nitrogens with one attached hydrogen (secondary N) is 1. The van der Waals surface area contributed by atoms with E-state index < -0.39 is 15.3 Å². The molecule has 1 heterocycles. The Morgan fingerprint density at radius 3 is 2.53 bits per heavy atom. The third-order valence-electron chi connectivity index (χ3n) is 4.00. The molecule has 0 spiro atoms. The topological polar surface area (TPSA) is 79.2 Å². The van der Waals surface area contributed by atoms with E-state index in [1.165, 1.54) is 0 Å². The smallest absolute Gasteiger partial charge is 0.228 e. The molecular weight excluding hydrogens is 264 g/mol. The van der Waals surface area contributed by atoms with Crippen molar-refractivity contribution >= 4 is 10.0 Å². The number of ether oxygens (including phenoxy) is 1. The second-order valence-electron chi connectivity index (χ2n) is 5.12. The van der Waals surface area contributed by atoms with Gasteiger partial charge in [0.15, 0.2) is 5.25 Å². The molecule has 0 aromatic carbocycles. The number of nitriles is 1. The molecule has 1 fully saturated rings. The van der Waals surface area contributed by atoms with Crippen LogP contribution in [-0.4, -0.2) is 31.9 Å². The largest absolute Gasteiger partial charge is 0.375 e. The summed E-state index contributed by atoms with van der Waals surface area (Å²) in [7, 11) is -3.56. The van der Waals surface area contributed by atoms with Crippen molar-refractivity contribution < 1.29 is 13.2 Å². The average molecular weight is 288 g/mol. The van der Waals surface area contributed by atoms with Crippen LogP contribution in [0.5, 0.6) is 0 Å². The minimum Gasteiger partial charge on any atom is -0.375 e. The number of sulfonamides is 1. The van der Waals surface area contributed by atoms with Gasteiger partial charge in [0.1, 0.15) is 0 Å². The zero-order valence-electron chi connectivity index (χ0n) is 12.0. The zero-order valence-corrected chi connectivity index (χ0v) is 12.8. The molecule has 0 aromatic rings. The van der Waals surface area contributed by atoms with Gasteiger partial charge in [-0.15, -0.1) is 0 Å². The van der Waals surface area contributed by atoms with E-state index in [1.54, 1.807) is 6.92 Å². The lowest BCUT2D eigenvalue weighted by molar-refractivity contribution is -0.0905. The summed E-state index contributed by atoms with van der Waals surface area (Å²) in [6, 6.07) is 1.72. The molecule has 0 aliphatic carbocycles. The van der Waals surface area contributed by atoms with E-state index in [-0.39, 0.29) is 11.6 Å². The molecule has 110 valence electrons. The van der Waals surface area contributed by atoms with Crippen molar-refractivity contribution in [2.45, 2.75) is 69.8 Å². The summed E-state index contributed by atoms with van der Waals surface area (Å²) in [4.78, 5) is 0. The summed E-state index contributed by atoms with van der Waals surface area (Å²) in [5, 5.41) is 7.93. The number of hydrogen-bond acceptors (Lipinski definition) is 4. The van der Waals surface area contributed by atoms with Crippen LogP contribution >= 0.6 is 0 Å². The fourth-order valence-corrected chi connectivity index (χ4v) is 3.97. The van der Waals surface area contributed by atoms with E-state index in [2.05, 4.69) is 18.6 Å². The number of rotatable bonds is 6. The molecule has 2 unspecified atom stereocenters. The number of hydrogen-bond donors (Lipinski definition) is 1. The van der Waals surface area contributed by atoms with Gasteiger partial charge >= 0.3 is 0 Å². The van der Waals surface area contributed by atoms with Gasteiger partial charge in [-0.1, -0.05) is 20.8 Å². The van der Waals surface area contributed by atoms with E-state index in [0.29, 0.717) is 25.9 Å². The van der Waals surface area contributed by atoms with Gasteiger partial charge in [0, 0.05) is 12.6 Å². The van der Waals surface area contributed by atoms with Gasteiger partial charge in [-0.25, -0.2) is 13.1 Å². The molecule has 19 heavy (non-hydrogen) atoms. The van der Waals surface area contributed by atoms with Crippen molar-refractivity contribution in [2.75, 3.05) is 6.61 Å². The highest BCUT2D eigenvalue weighted by atomic mass is 32.2. The molecular formula is C13H24N2O3S. The van der Waals surface area contributed by atoms with Crippen LogP contribution in [0.15, 0.2) is 0 Å². The summed E-state index contributed by atoms with van der Waals surface area (Å²) in [6.45, 7) is 6.40. The fourth-order valence-electron chi connectivity index (χ4n) is 2.57. The first-order valence-corrected chi connectivity index (χ1v) is 8.52. The first-order valence-electron chi connectivity index (χ1n) is 6.97. The molecule has 0 radical (unpaired) electrons. The predicted molar refractivity (Wildman–Crippen MR) is 74.0 cm³/mol. The Hall–Kier alpha value is -0.640. The zero-order chi connectivity index (χ0) is 14.5. The standard InChI is InChI=1S/C13H24N2O3S/c1-4-12(10-14)19(16,17)15-11-7-8-18-13(5-2,6-3)9-11/h11-12,15H,4-9H2,1-3H3. The van der Waals surface area contributed by atoms with Crippen LogP contribution in [-0.2, 0) is 14.8 Å². The Kier molecular flexibility index (Phi) is 5.78. The second-order valence-corrected chi connectivity index (χ2v) is 7.01. The van der Waals surface area contributed by atoms with E-state index in [4.69, 9.17) is 10.00 Å². The summed E-state index contributed by atoms with van der Waals surface area (Å²) in [5.41, 5.74) is -0.222. The van der Waals surface area contributed by atoms with E-state index in [9.17, 15) is 8.42 Å². The Bertz CT molecular complexity index is 424. The third-order valence-corrected chi connectivity index (χ3v) is 5.85. The van der Waals surface area contributed by atoms with Crippen LogP contribution in [0.1, 0.15) is 52.9 Å². The molecule has 1 aliphatic rings. The maximum atomic E-state index is 12.1. The Labute approximate surface area is 116 Å². The van der Waals surface area contributed by atoms with Crippen molar-refractivity contribution in [1.82, 2.24) is 4.72 Å². The van der Waals surface area contributed by atoms with Crippen LogP contribution in [0.2, 0.25) is 0 Å². The lowest BCUT2D eigenvalue weighted by Crippen LogP contribution is -2.49. The third kappa shape index (κ3) is 3.91. The Morgan fingerprint density at radius 2 is 2.05 bits per heavy atom. The van der Waals surface area contributed by atoms with Gasteiger partial charge in [-0.2, -0.15) is 5.26 Å². The second kappa shape index (κ2) is 6.69. The molecule has 2 atom stereocenters. The van der Waals surface area contributed by atoms with Crippen LogP contribution in [0.3, 0.4) is 0 Å². The molecule has 1 saturated heterocycles. The predicted octanol–water partition coefficient (Wildman–Crippen LogP) is 1.95. The molecule has 5 nitrogen and oxygen atoms in total. The van der Waals surface area contributed by atoms with Crippen LogP contribution < -0.4 is 4.72 Å². The number of nitrogens with zero attached hydrogens (tertiary/aromatic N) is 1. The Morgan fingerprint density at radius 1 is 1.42 bits per heavy atom. The molecule has 6 heteroatoms. The quantitative estimate of drug-likeness (QED) is 0.810. The van der Waals surface area contributed by atoms with Gasteiger partial charge in [-0.3, -0.25) is 0 Å². The maximum absolute atomic E-state index is 12.1. The molecule has 0 bridgehead atoms. The van der Waals surface area contributed by atoms with Crippen molar-refractivity contribution in [1.29, 1.82) is 5.26 Å². The highest BCUT2D eigenvalue weighted by molar-refractivity contribution is 7.90. The molecule has 1 aliphatic heterocycles. The van der Waals surface area contributed by atoms with Crippen molar-refractivity contribution in [3.63, 3.8) is 0 Å². The van der Waals surface area contributed by atoms with E-state index >= 15 is 0 Å². The van der Waals surface area contributed by atoms with E-state index in [0.717, 1.165) is 12.8 Å². The Balaban J connectivity index is 2.75. The van der Waals surface area contributed by atoms with Gasteiger partial charge < -0.3 is 4.74 Å². The van der Waals surface area contributed by atoms with Gasteiger partial charge in [0.25, 0.3) is 0 Å². The molecule has 1 rings (SSSR count). The molecule has 1 N–H and O–H groups in total.